The maximum Gasteiger partial charge on any atom is 0.374 e. The van der Waals surface area contributed by atoms with Crippen LogP contribution in [0.25, 0.3) is 10.4 Å². The fraction of sp³-hybridized carbons (Fsp3) is 0.286. The average Bonchev–Trinajstić information content (AvgIpc) is 2.61. The molecule has 0 amide bonds. The minimum atomic E-state index is -0.576. The minimum absolute atomic E-state index is 0.0786. The van der Waals surface area contributed by atoms with E-state index in [1.807, 2.05) is 0 Å². The van der Waals surface area contributed by atoms with E-state index >= 15 is 0 Å². The van der Waals surface area contributed by atoms with Crippen molar-refractivity contribution >= 4 is 5.97 Å². The van der Waals surface area contributed by atoms with Crippen LogP contribution in [0.15, 0.2) is 21.9 Å². The van der Waals surface area contributed by atoms with Crippen LogP contribution >= 0.6 is 0 Å². The van der Waals surface area contributed by atoms with Crippen LogP contribution < -0.4 is 0 Å². The molecular weight excluding hydrogens is 174 g/mol. The van der Waals surface area contributed by atoms with Crippen LogP contribution in [0.5, 0.6) is 0 Å². The van der Waals surface area contributed by atoms with Gasteiger partial charge in [0.25, 0.3) is 0 Å². The van der Waals surface area contributed by atoms with Crippen LogP contribution in [0.4, 0.5) is 0 Å². The fourth-order valence-corrected chi connectivity index (χ4v) is 0.840. The zero-order chi connectivity index (χ0) is 9.68. The number of rotatable bonds is 3. The summed E-state index contributed by atoms with van der Waals surface area (Å²) in [6.45, 7) is 0.0808. The quantitative estimate of drug-likeness (QED) is 0.308. The van der Waals surface area contributed by atoms with Gasteiger partial charge in [-0.15, -0.1) is 0 Å². The second kappa shape index (κ2) is 4.18. The predicted molar refractivity (Wildman–Crippen MR) is 42.9 cm³/mol. The van der Waals surface area contributed by atoms with E-state index in [1.54, 1.807) is 6.07 Å². The van der Waals surface area contributed by atoms with Crippen LogP contribution in [-0.4, -0.2) is 13.1 Å². The summed E-state index contributed by atoms with van der Waals surface area (Å²) in [6, 6.07) is 1.56. The minimum Gasteiger partial charge on any atom is -0.463 e. The molecule has 0 aromatic carbocycles. The molecule has 0 unspecified atom stereocenters. The molecule has 1 rings (SSSR count). The lowest BCUT2D eigenvalue weighted by Crippen LogP contribution is -2.02. The van der Waals surface area contributed by atoms with Crippen molar-refractivity contribution in [1.29, 1.82) is 0 Å². The molecule has 1 aromatic rings. The summed E-state index contributed by atoms with van der Waals surface area (Å²) in [5, 5.41) is 3.30. The standard InChI is InChI=1S/C7H7N3O3/c1-12-7(11)6-5(2-3-13-6)4-9-10-8/h2-3H,4H2,1H3. The van der Waals surface area contributed by atoms with E-state index in [9.17, 15) is 4.79 Å². The van der Waals surface area contributed by atoms with Crippen molar-refractivity contribution in [3.63, 3.8) is 0 Å². The number of hydrogen-bond donors (Lipinski definition) is 0. The predicted octanol–water partition coefficient (Wildman–Crippen LogP) is 1.88. The monoisotopic (exact) mass is 181 g/mol. The lowest BCUT2D eigenvalue weighted by molar-refractivity contribution is 0.0563. The van der Waals surface area contributed by atoms with E-state index in [0.717, 1.165) is 0 Å². The second-order valence-electron chi connectivity index (χ2n) is 2.16. The molecule has 6 nitrogen and oxygen atoms in total. The third kappa shape index (κ3) is 2.00. The first-order valence-electron chi connectivity index (χ1n) is 3.45. The highest BCUT2D eigenvalue weighted by atomic mass is 16.5. The first-order valence-corrected chi connectivity index (χ1v) is 3.45. The van der Waals surface area contributed by atoms with E-state index in [0.29, 0.717) is 5.56 Å². The first-order chi connectivity index (χ1) is 6.29. The first kappa shape index (κ1) is 9.15. The molecule has 13 heavy (non-hydrogen) atoms. The van der Waals surface area contributed by atoms with Gasteiger partial charge in [-0.25, -0.2) is 4.79 Å². The molecule has 6 heteroatoms. The summed E-state index contributed by atoms with van der Waals surface area (Å²) >= 11 is 0. The molecule has 0 radical (unpaired) electrons. The number of hydrogen-bond acceptors (Lipinski definition) is 4. The van der Waals surface area contributed by atoms with Gasteiger partial charge in [-0.1, -0.05) is 5.11 Å². The Bertz CT molecular complexity index is 352. The molecule has 1 heterocycles. The molecule has 68 valence electrons. The van der Waals surface area contributed by atoms with Crippen molar-refractivity contribution in [3.8, 4) is 0 Å². The van der Waals surface area contributed by atoms with Crippen molar-refractivity contribution in [3.05, 3.63) is 34.1 Å². The van der Waals surface area contributed by atoms with Crippen molar-refractivity contribution in [2.45, 2.75) is 6.54 Å². The Kier molecular flexibility index (Phi) is 2.94. The van der Waals surface area contributed by atoms with Crippen LogP contribution in [0, 0.1) is 0 Å². The summed E-state index contributed by atoms with van der Waals surface area (Å²) in [5.41, 5.74) is 8.58. The second-order valence-corrected chi connectivity index (χ2v) is 2.16. The third-order valence-electron chi connectivity index (χ3n) is 1.42. The van der Waals surface area contributed by atoms with Gasteiger partial charge in [0.2, 0.25) is 5.76 Å². The van der Waals surface area contributed by atoms with Crippen molar-refractivity contribution in [2.75, 3.05) is 7.11 Å². The molecule has 0 aliphatic carbocycles. The molecule has 0 atom stereocenters. The molecule has 0 bridgehead atoms. The fourth-order valence-electron chi connectivity index (χ4n) is 0.840. The Morgan fingerprint density at radius 2 is 2.62 bits per heavy atom. The summed E-state index contributed by atoms with van der Waals surface area (Å²) in [5.74, 6) is -0.497. The summed E-state index contributed by atoms with van der Waals surface area (Å²) < 4.78 is 9.30. The Labute approximate surface area is 73.7 Å². The lowest BCUT2D eigenvalue weighted by Gasteiger charge is -1.95. The van der Waals surface area contributed by atoms with Gasteiger partial charge in [-0.2, -0.15) is 0 Å². The van der Waals surface area contributed by atoms with Crippen molar-refractivity contribution in [1.82, 2.24) is 0 Å². The molecule has 0 saturated carbocycles. The smallest absolute Gasteiger partial charge is 0.374 e. The van der Waals surface area contributed by atoms with Gasteiger partial charge < -0.3 is 9.15 Å². The summed E-state index contributed by atoms with van der Waals surface area (Å²) in [7, 11) is 1.25. The summed E-state index contributed by atoms with van der Waals surface area (Å²) in [4.78, 5) is 13.6. The van der Waals surface area contributed by atoms with E-state index < -0.39 is 5.97 Å². The Hall–Kier alpha value is -1.94. The molecule has 0 saturated heterocycles. The Morgan fingerprint density at radius 1 is 1.85 bits per heavy atom. The SMILES string of the molecule is COC(=O)c1occc1CN=[N+]=[N-]. The number of esters is 1. The van der Waals surface area contributed by atoms with Gasteiger partial charge in [-0.05, 0) is 11.6 Å². The molecule has 0 spiro atoms. The normalized spacial score (nSPS) is 9.00. The van der Waals surface area contributed by atoms with Gasteiger partial charge in [0.1, 0.15) is 0 Å². The maximum absolute atomic E-state index is 11.0. The van der Waals surface area contributed by atoms with Crippen molar-refractivity contribution < 1.29 is 13.9 Å². The number of nitrogens with zero attached hydrogens (tertiary/aromatic N) is 3. The number of furan rings is 1. The molecule has 0 N–H and O–H groups in total. The maximum atomic E-state index is 11.0. The highest BCUT2D eigenvalue weighted by molar-refractivity contribution is 5.87. The highest BCUT2D eigenvalue weighted by Gasteiger charge is 2.14. The Balaban J connectivity index is 2.88. The highest BCUT2D eigenvalue weighted by Crippen LogP contribution is 2.12. The van der Waals surface area contributed by atoms with Crippen LogP contribution in [0.3, 0.4) is 0 Å². The summed E-state index contributed by atoms with van der Waals surface area (Å²) in [6.07, 6.45) is 1.34. The van der Waals surface area contributed by atoms with Gasteiger partial charge in [0.05, 0.1) is 19.9 Å². The topological polar surface area (TPSA) is 88.2 Å². The number of azide groups is 1. The number of methoxy groups -OCH3 is 1. The van der Waals surface area contributed by atoms with Gasteiger partial charge >= 0.3 is 5.97 Å². The van der Waals surface area contributed by atoms with Crippen LogP contribution in [0.2, 0.25) is 0 Å². The van der Waals surface area contributed by atoms with E-state index in [-0.39, 0.29) is 12.3 Å². The Morgan fingerprint density at radius 3 is 3.23 bits per heavy atom. The molecule has 1 aromatic heterocycles. The third-order valence-corrected chi connectivity index (χ3v) is 1.42. The average molecular weight is 181 g/mol. The molecule has 0 fully saturated rings. The molecule has 0 aliphatic heterocycles. The van der Waals surface area contributed by atoms with Crippen LogP contribution in [-0.2, 0) is 11.3 Å². The van der Waals surface area contributed by atoms with E-state index in [4.69, 9.17) is 9.95 Å². The number of ether oxygens (including phenoxy) is 1. The van der Waals surface area contributed by atoms with E-state index in [2.05, 4.69) is 14.8 Å². The number of carbonyl (C=O) groups is 1. The lowest BCUT2D eigenvalue weighted by atomic mass is 10.2. The zero-order valence-corrected chi connectivity index (χ0v) is 6.93. The largest absolute Gasteiger partial charge is 0.463 e. The van der Waals surface area contributed by atoms with Gasteiger partial charge in [0.15, 0.2) is 0 Å². The van der Waals surface area contributed by atoms with Crippen LogP contribution in [0.1, 0.15) is 16.1 Å². The van der Waals surface area contributed by atoms with Crippen molar-refractivity contribution in [2.24, 2.45) is 5.11 Å². The molecular formula is C7H7N3O3. The zero-order valence-electron chi connectivity index (χ0n) is 6.93. The number of carbonyl (C=O) groups excluding carboxylic acids is 1. The van der Waals surface area contributed by atoms with Gasteiger partial charge in [0, 0.05) is 10.5 Å². The van der Waals surface area contributed by atoms with Gasteiger partial charge in [-0.3, -0.25) is 0 Å². The van der Waals surface area contributed by atoms with E-state index in [1.165, 1.54) is 13.4 Å². The molecule has 0 aliphatic rings.